The summed E-state index contributed by atoms with van der Waals surface area (Å²) in [6, 6.07) is 9.64. The van der Waals surface area contributed by atoms with Crippen molar-refractivity contribution in [1.82, 2.24) is 20.5 Å². The zero-order valence-electron chi connectivity index (χ0n) is 17.5. The van der Waals surface area contributed by atoms with Crippen LogP contribution < -0.4 is 15.4 Å². The molecule has 3 heterocycles. The zero-order valence-corrected chi connectivity index (χ0v) is 17.5. The van der Waals surface area contributed by atoms with E-state index in [2.05, 4.69) is 32.7 Å². The van der Waals surface area contributed by atoms with Crippen LogP contribution >= 0.6 is 0 Å². The molecule has 1 aromatic heterocycles. The second-order valence-electron chi connectivity index (χ2n) is 8.23. The van der Waals surface area contributed by atoms with Crippen molar-refractivity contribution < 1.29 is 14.6 Å². The molecule has 31 heavy (non-hydrogen) atoms. The number of rotatable bonds is 6. The fraction of sp³-hybridized carbons (Fsp3) is 0.435. The lowest BCUT2D eigenvalue weighted by atomic mass is 9.93. The summed E-state index contributed by atoms with van der Waals surface area (Å²) in [5, 5.41) is 22.4. The van der Waals surface area contributed by atoms with E-state index in [0.29, 0.717) is 19.1 Å². The summed E-state index contributed by atoms with van der Waals surface area (Å²) in [6.07, 6.45) is 5.52. The Morgan fingerprint density at radius 2 is 2.03 bits per heavy atom. The fourth-order valence-electron chi connectivity index (χ4n) is 4.34. The summed E-state index contributed by atoms with van der Waals surface area (Å²) in [5.41, 5.74) is 3.33. The molecule has 1 amide bonds. The van der Waals surface area contributed by atoms with Gasteiger partial charge < -0.3 is 15.2 Å². The van der Waals surface area contributed by atoms with Crippen molar-refractivity contribution in [2.75, 3.05) is 26.2 Å². The predicted molar refractivity (Wildman–Crippen MR) is 118 cm³/mol. The molecule has 0 radical (unpaired) electrons. The van der Waals surface area contributed by atoms with Gasteiger partial charge in [0.25, 0.3) is 0 Å². The number of amides is 1. The number of carbonyl (C=O) groups is 1. The quantitative estimate of drug-likeness (QED) is 0.420. The van der Waals surface area contributed by atoms with Crippen molar-refractivity contribution in [2.24, 2.45) is 5.92 Å². The minimum Gasteiger partial charge on any atom is -0.493 e. The molecule has 0 saturated carbocycles. The second-order valence-corrected chi connectivity index (χ2v) is 8.23. The highest BCUT2D eigenvalue weighted by atomic mass is 16.5. The number of amidine groups is 1. The van der Waals surface area contributed by atoms with E-state index < -0.39 is 12.1 Å². The fourth-order valence-corrected chi connectivity index (χ4v) is 4.34. The molecule has 1 atom stereocenters. The summed E-state index contributed by atoms with van der Waals surface area (Å²) < 4.78 is 6.11. The monoisotopic (exact) mass is 423 g/mol. The van der Waals surface area contributed by atoms with E-state index in [1.165, 1.54) is 5.56 Å². The van der Waals surface area contributed by atoms with Gasteiger partial charge in [-0.1, -0.05) is 6.07 Å². The maximum atomic E-state index is 10.9. The maximum Gasteiger partial charge on any atom is 0.410 e. The van der Waals surface area contributed by atoms with Gasteiger partial charge in [0.1, 0.15) is 11.6 Å². The van der Waals surface area contributed by atoms with Crippen molar-refractivity contribution in [3.8, 4) is 5.75 Å². The third-order valence-corrected chi connectivity index (χ3v) is 6.05. The Kier molecular flexibility index (Phi) is 6.79. The number of piperidine rings is 1. The van der Waals surface area contributed by atoms with Crippen LogP contribution in [0, 0.1) is 11.3 Å². The first-order valence-electron chi connectivity index (χ1n) is 10.8. The number of benzene rings is 1. The van der Waals surface area contributed by atoms with Gasteiger partial charge in [-0.25, -0.2) is 4.79 Å². The number of nitrogens with one attached hydrogen (secondary N) is 3. The van der Waals surface area contributed by atoms with E-state index in [4.69, 9.17) is 15.3 Å². The third kappa shape index (κ3) is 5.59. The van der Waals surface area contributed by atoms with Crippen LogP contribution in [0.1, 0.15) is 35.6 Å². The van der Waals surface area contributed by atoms with Gasteiger partial charge in [0.15, 0.2) is 0 Å². The van der Waals surface area contributed by atoms with Crippen molar-refractivity contribution in [2.45, 2.75) is 31.8 Å². The molecule has 2 aliphatic heterocycles. The summed E-state index contributed by atoms with van der Waals surface area (Å²) in [5.74, 6) is 1.23. The van der Waals surface area contributed by atoms with Crippen LogP contribution in [0.3, 0.4) is 0 Å². The molecule has 164 valence electrons. The van der Waals surface area contributed by atoms with Crippen LogP contribution in [0.5, 0.6) is 5.75 Å². The molecule has 4 rings (SSSR count). The molecule has 2 aliphatic rings. The molecule has 0 aliphatic carbocycles. The minimum atomic E-state index is -1.22. The lowest BCUT2D eigenvalue weighted by molar-refractivity contribution is 0.136. The highest BCUT2D eigenvalue weighted by Crippen LogP contribution is 2.28. The normalized spacial score (nSPS) is 19.4. The van der Waals surface area contributed by atoms with Gasteiger partial charge in [-0.2, -0.15) is 0 Å². The smallest absolute Gasteiger partial charge is 0.410 e. The first kappa shape index (κ1) is 21.3. The summed E-state index contributed by atoms with van der Waals surface area (Å²) in [7, 11) is 0. The number of hydrogen-bond acceptors (Lipinski definition) is 6. The third-order valence-electron chi connectivity index (χ3n) is 6.05. The Hall–Kier alpha value is -2.97. The molecular weight excluding hydrogens is 394 g/mol. The average molecular weight is 424 g/mol. The first-order valence-corrected chi connectivity index (χ1v) is 10.8. The van der Waals surface area contributed by atoms with Crippen LogP contribution in [0.25, 0.3) is 0 Å². The molecule has 2 aromatic rings. The van der Waals surface area contributed by atoms with Crippen molar-refractivity contribution >= 4 is 11.9 Å². The number of hydrogen-bond donors (Lipinski definition) is 4. The average Bonchev–Trinajstić information content (AvgIpc) is 2.78. The van der Waals surface area contributed by atoms with E-state index in [9.17, 15) is 4.79 Å². The number of carboxylic acid groups (broad SMARTS) is 1. The predicted octanol–water partition coefficient (Wildman–Crippen LogP) is 2.80. The molecule has 8 nitrogen and oxygen atoms in total. The SMILES string of the molecule is N=C(NC(=O)O)C1NCCc2ccc(OCC3CCN(Cc4ccncc4)CC3)cc21. The van der Waals surface area contributed by atoms with Crippen LogP contribution in [0.2, 0.25) is 0 Å². The Bertz CT molecular complexity index is 913. The lowest BCUT2D eigenvalue weighted by Gasteiger charge is -2.32. The molecule has 1 aromatic carbocycles. The topological polar surface area (TPSA) is 111 Å². The van der Waals surface area contributed by atoms with Crippen molar-refractivity contribution in [3.05, 3.63) is 59.4 Å². The number of nitrogens with zero attached hydrogens (tertiary/aromatic N) is 2. The Morgan fingerprint density at radius 1 is 1.26 bits per heavy atom. The van der Waals surface area contributed by atoms with Gasteiger partial charge in [-0.3, -0.25) is 20.6 Å². The van der Waals surface area contributed by atoms with Gasteiger partial charge in [-0.15, -0.1) is 0 Å². The molecule has 0 spiro atoms. The summed E-state index contributed by atoms with van der Waals surface area (Å²) >= 11 is 0. The Labute approximate surface area is 182 Å². The van der Waals surface area contributed by atoms with E-state index in [0.717, 1.165) is 55.8 Å². The van der Waals surface area contributed by atoms with Gasteiger partial charge in [0, 0.05) is 25.5 Å². The largest absolute Gasteiger partial charge is 0.493 e. The van der Waals surface area contributed by atoms with Crippen LogP contribution in [-0.4, -0.2) is 53.2 Å². The zero-order chi connectivity index (χ0) is 21.6. The lowest BCUT2D eigenvalue weighted by Crippen LogP contribution is -2.42. The Morgan fingerprint density at radius 3 is 2.77 bits per heavy atom. The van der Waals surface area contributed by atoms with Gasteiger partial charge >= 0.3 is 6.09 Å². The van der Waals surface area contributed by atoms with E-state index in [1.807, 2.05) is 30.6 Å². The van der Waals surface area contributed by atoms with Gasteiger partial charge in [0.05, 0.1) is 12.6 Å². The minimum absolute atomic E-state index is 0.0628. The van der Waals surface area contributed by atoms with Crippen LogP contribution in [0.15, 0.2) is 42.7 Å². The van der Waals surface area contributed by atoms with Crippen molar-refractivity contribution in [1.29, 1.82) is 5.41 Å². The number of fused-ring (bicyclic) bond motifs is 1. The molecule has 1 fully saturated rings. The number of ether oxygens (including phenoxy) is 1. The molecule has 8 heteroatoms. The van der Waals surface area contributed by atoms with Crippen molar-refractivity contribution in [3.63, 3.8) is 0 Å². The number of aromatic nitrogens is 1. The van der Waals surface area contributed by atoms with Gasteiger partial charge in [-0.05, 0) is 79.2 Å². The second kappa shape index (κ2) is 9.89. The Balaban J connectivity index is 1.30. The van der Waals surface area contributed by atoms with Crippen LogP contribution in [-0.2, 0) is 13.0 Å². The highest BCUT2D eigenvalue weighted by molar-refractivity contribution is 5.97. The van der Waals surface area contributed by atoms with E-state index >= 15 is 0 Å². The maximum absolute atomic E-state index is 10.9. The van der Waals surface area contributed by atoms with Crippen LogP contribution in [0.4, 0.5) is 4.79 Å². The number of pyridine rings is 1. The molecule has 0 bridgehead atoms. The summed E-state index contributed by atoms with van der Waals surface area (Å²) in [6.45, 7) is 4.46. The molecular formula is C23H29N5O3. The van der Waals surface area contributed by atoms with Gasteiger partial charge in [0.2, 0.25) is 0 Å². The molecule has 1 saturated heterocycles. The summed E-state index contributed by atoms with van der Waals surface area (Å²) in [4.78, 5) is 17.5. The first-order chi connectivity index (χ1) is 15.1. The molecule has 4 N–H and O–H groups in total. The van der Waals surface area contributed by atoms with E-state index in [-0.39, 0.29) is 5.84 Å². The molecule has 1 unspecified atom stereocenters. The number of likely N-dealkylation sites (tertiary alicyclic amines) is 1. The standard InChI is InChI=1S/C23H29N5O3/c24-22(27-23(29)30)21-20-13-19(2-1-18(20)5-10-26-21)31-15-17-6-11-28(12-7-17)14-16-3-8-25-9-4-16/h1-4,8-9,13,17,21,26H,5-7,10-12,14-15H2,(H2,24,27)(H,29,30). The highest BCUT2D eigenvalue weighted by Gasteiger charge is 2.26. The van der Waals surface area contributed by atoms with E-state index in [1.54, 1.807) is 0 Å².